The van der Waals surface area contributed by atoms with Gasteiger partial charge in [-0.05, 0) is 36.8 Å². The molecule has 0 saturated carbocycles. The first-order valence-corrected chi connectivity index (χ1v) is 7.41. The number of carbonyl (C=O) groups is 1. The van der Waals surface area contributed by atoms with Crippen LogP contribution in [0.4, 0.5) is 10.1 Å². The largest absolute Gasteiger partial charge is 0.481 e. The Balaban J connectivity index is 1.57. The maximum atomic E-state index is 13.4. The van der Waals surface area contributed by atoms with Gasteiger partial charge in [-0.25, -0.2) is 9.37 Å². The molecule has 0 bridgehead atoms. The molecule has 0 radical (unpaired) electrons. The average molecular weight is 325 g/mol. The van der Waals surface area contributed by atoms with E-state index in [1.165, 1.54) is 12.1 Å². The molecule has 0 unspecified atom stereocenters. The highest BCUT2D eigenvalue weighted by atomic mass is 19.1. The highest BCUT2D eigenvalue weighted by Crippen LogP contribution is 2.20. The molecule has 3 rings (SSSR count). The summed E-state index contributed by atoms with van der Waals surface area (Å²) < 4.78 is 18.6. The predicted octanol–water partition coefficient (Wildman–Crippen LogP) is 3.54. The van der Waals surface area contributed by atoms with Crippen molar-refractivity contribution < 1.29 is 13.9 Å². The van der Waals surface area contributed by atoms with Crippen LogP contribution < -0.4 is 10.1 Å². The molecule has 0 aliphatic rings. The second kappa shape index (κ2) is 6.95. The van der Waals surface area contributed by atoms with Crippen LogP contribution in [0.15, 0.2) is 54.7 Å². The number of hydrogen-bond donors (Lipinski definition) is 2. The summed E-state index contributed by atoms with van der Waals surface area (Å²) in [4.78, 5) is 19.2. The van der Waals surface area contributed by atoms with E-state index in [1.807, 2.05) is 19.1 Å². The standard InChI is InChI=1S/C18H16FN3O2/c1-12-20-10-16(21-12)13-6-8-14(9-7-13)22-18(23)11-24-17-5-3-2-4-15(17)19/h2-10H,11H2,1H3,(H,20,21)(H,22,23). The number of hydrogen-bond acceptors (Lipinski definition) is 3. The number of H-pyrrole nitrogens is 1. The molecule has 3 aromatic rings. The number of aromatic nitrogens is 2. The highest BCUT2D eigenvalue weighted by molar-refractivity contribution is 5.92. The number of aryl methyl sites for hydroxylation is 1. The summed E-state index contributed by atoms with van der Waals surface area (Å²) >= 11 is 0. The third-order valence-corrected chi connectivity index (χ3v) is 3.38. The third kappa shape index (κ3) is 3.78. The van der Waals surface area contributed by atoms with Crippen LogP contribution >= 0.6 is 0 Å². The molecule has 2 aromatic carbocycles. The Hall–Kier alpha value is -3.15. The number of para-hydroxylation sites is 1. The zero-order valence-corrected chi connectivity index (χ0v) is 13.0. The molecule has 0 saturated heterocycles. The first-order valence-electron chi connectivity index (χ1n) is 7.41. The van der Waals surface area contributed by atoms with E-state index in [9.17, 15) is 9.18 Å². The van der Waals surface area contributed by atoms with Crippen molar-refractivity contribution in [3.63, 3.8) is 0 Å². The molecule has 0 fully saturated rings. The average Bonchev–Trinajstić information content (AvgIpc) is 3.01. The SMILES string of the molecule is Cc1ncc(-c2ccc(NC(=O)COc3ccccc3F)cc2)[nH]1. The van der Waals surface area contributed by atoms with Crippen LogP contribution in [0.2, 0.25) is 0 Å². The number of rotatable bonds is 5. The van der Waals surface area contributed by atoms with Gasteiger partial charge in [-0.2, -0.15) is 0 Å². The topological polar surface area (TPSA) is 67.0 Å². The molecule has 1 amide bonds. The van der Waals surface area contributed by atoms with Gasteiger partial charge in [0.05, 0.1) is 11.9 Å². The number of anilines is 1. The summed E-state index contributed by atoms with van der Waals surface area (Å²) in [7, 11) is 0. The summed E-state index contributed by atoms with van der Waals surface area (Å²) in [5, 5.41) is 2.70. The first kappa shape index (κ1) is 15.7. The molecule has 0 atom stereocenters. The minimum absolute atomic E-state index is 0.0533. The molecule has 0 aliphatic heterocycles. The van der Waals surface area contributed by atoms with Crippen molar-refractivity contribution in [2.45, 2.75) is 6.92 Å². The van der Waals surface area contributed by atoms with Crippen molar-refractivity contribution >= 4 is 11.6 Å². The zero-order chi connectivity index (χ0) is 16.9. The lowest BCUT2D eigenvalue weighted by molar-refractivity contribution is -0.118. The van der Waals surface area contributed by atoms with Crippen molar-refractivity contribution in [2.24, 2.45) is 0 Å². The highest BCUT2D eigenvalue weighted by Gasteiger charge is 2.07. The minimum Gasteiger partial charge on any atom is -0.481 e. The van der Waals surface area contributed by atoms with Gasteiger partial charge in [0.25, 0.3) is 5.91 Å². The molecular weight excluding hydrogens is 309 g/mol. The lowest BCUT2D eigenvalue weighted by Crippen LogP contribution is -2.20. The van der Waals surface area contributed by atoms with Crippen LogP contribution in [-0.2, 0) is 4.79 Å². The Kier molecular flexibility index (Phi) is 4.56. The van der Waals surface area contributed by atoms with Gasteiger partial charge in [0.2, 0.25) is 0 Å². The van der Waals surface area contributed by atoms with E-state index in [2.05, 4.69) is 15.3 Å². The number of amides is 1. The van der Waals surface area contributed by atoms with Gasteiger partial charge in [0, 0.05) is 5.69 Å². The first-order chi connectivity index (χ1) is 11.6. The van der Waals surface area contributed by atoms with E-state index in [1.54, 1.807) is 30.5 Å². The summed E-state index contributed by atoms with van der Waals surface area (Å²) in [5.74, 6) is 0.0400. The van der Waals surface area contributed by atoms with Crippen LogP contribution in [0.1, 0.15) is 5.82 Å². The molecule has 1 aromatic heterocycles. The Morgan fingerprint density at radius 3 is 2.62 bits per heavy atom. The van der Waals surface area contributed by atoms with Crippen LogP contribution in [0.3, 0.4) is 0 Å². The van der Waals surface area contributed by atoms with Gasteiger partial charge in [-0.15, -0.1) is 0 Å². The molecule has 5 nitrogen and oxygen atoms in total. The molecule has 6 heteroatoms. The van der Waals surface area contributed by atoms with Gasteiger partial charge >= 0.3 is 0 Å². The van der Waals surface area contributed by atoms with Crippen LogP contribution in [0.25, 0.3) is 11.3 Å². The second-order valence-corrected chi connectivity index (χ2v) is 5.23. The third-order valence-electron chi connectivity index (χ3n) is 3.38. The normalized spacial score (nSPS) is 10.4. The van der Waals surface area contributed by atoms with E-state index in [0.29, 0.717) is 5.69 Å². The van der Waals surface area contributed by atoms with Crippen LogP contribution in [0, 0.1) is 12.7 Å². The van der Waals surface area contributed by atoms with Crippen molar-refractivity contribution in [1.29, 1.82) is 0 Å². The maximum absolute atomic E-state index is 13.4. The molecule has 0 aliphatic carbocycles. The summed E-state index contributed by atoms with van der Waals surface area (Å²) in [6.07, 6.45) is 1.76. The molecule has 1 heterocycles. The number of nitrogens with one attached hydrogen (secondary N) is 2. The van der Waals surface area contributed by atoms with E-state index < -0.39 is 5.82 Å². The minimum atomic E-state index is -0.496. The van der Waals surface area contributed by atoms with Gasteiger partial charge in [-0.1, -0.05) is 24.3 Å². The second-order valence-electron chi connectivity index (χ2n) is 5.23. The van der Waals surface area contributed by atoms with E-state index in [4.69, 9.17) is 4.74 Å². The number of aromatic amines is 1. The number of imidazole rings is 1. The predicted molar refractivity (Wildman–Crippen MR) is 89.3 cm³/mol. The van der Waals surface area contributed by atoms with Gasteiger partial charge < -0.3 is 15.0 Å². The van der Waals surface area contributed by atoms with E-state index in [-0.39, 0.29) is 18.3 Å². The Morgan fingerprint density at radius 1 is 1.21 bits per heavy atom. The molecule has 2 N–H and O–H groups in total. The molecular formula is C18H16FN3O2. The number of halogens is 1. The van der Waals surface area contributed by atoms with Crippen molar-refractivity contribution in [3.05, 3.63) is 66.4 Å². The number of ether oxygens (including phenoxy) is 1. The Morgan fingerprint density at radius 2 is 1.96 bits per heavy atom. The summed E-state index contributed by atoms with van der Waals surface area (Å²) in [5.41, 5.74) is 2.52. The van der Waals surface area contributed by atoms with Crippen LogP contribution in [0.5, 0.6) is 5.75 Å². The van der Waals surface area contributed by atoms with Gasteiger partial charge in [0.15, 0.2) is 18.2 Å². The maximum Gasteiger partial charge on any atom is 0.262 e. The lowest BCUT2D eigenvalue weighted by atomic mass is 10.1. The van der Waals surface area contributed by atoms with Crippen molar-refractivity contribution in [2.75, 3.05) is 11.9 Å². The fourth-order valence-corrected chi connectivity index (χ4v) is 2.20. The monoisotopic (exact) mass is 325 g/mol. The van der Waals surface area contributed by atoms with E-state index >= 15 is 0 Å². The van der Waals surface area contributed by atoms with Crippen molar-refractivity contribution in [3.8, 4) is 17.0 Å². The Labute approximate surface area is 138 Å². The smallest absolute Gasteiger partial charge is 0.262 e. The molecule has 122 valence electrons. The van der Waals surface area contributed by atoms with Gasteiger partial charge in [-0.3, -0.25) is 4.79 Å². The fraction of sp³-hybridized carbons (Fsp3) is 0.111. The van der Waals surface area contributed by atoms with Crippen LogP contribution in [-0.4, -0.2) is 22.5 Å². The summed E-state index contributed by atoms with van der Waals surface area (Å²) in [6, 6.07) is 13.3. The number of carbonyl (C=O) groups excluding carboxylic acids is 1. The number of nitrogens with zero attached hydrogens (tertiary/aromatic N) is 1. The molecule has 0 spiro atoms. The van der Waals surface area contributed by atoms with Gasteiger partial charge in [0.1, 0.15) is 5.82 Å². The Bertz CT molecular complexity index is 843. The zero-order valence-electron chi connectivity index (χ0n) is 13.0. The number of benzene rings is 2. The fourth-order valence-electron chi connectivity index (χ4n) is 2.20. The quantitative estimate of drug-likeness (QED) is 0.754. The van der Waals surface area contributed by atoms with E-state index in [0.717, 1.165) is 17.1 Å². The molecule has 24 heavy (non-hydrogen) atoms. The van der Waals surface area contributed by atoms with Crippen molar-refractivity contribution in [1.82, 2.24) is 9.97 Å². The summed E-state index contributed by atoms with van der Waals surface area (Å²) in [6.45, 7) is 1.62. The lowest BCUT2D eigenvalue weighted by Gasteiger charge is -2.08.